The standard InChI is InChI=1S/C18H19N3O2S/c1-3-23-15(22)9-10-21(2)17-16-14(13-7-5-4-6-8-13)11-24-18(16)20-12-19-17/h4-8,11-12H,3,9-10H2,1-2H3. The van der Waals surface area contributed by atoms with Gasteiger partial charge < -0.3 is 9.64 Å². The van der Waals surface area contributed by atoms with Crippen molar-refractivity contribution < 1.29 is 9.53 Å². The van der Waals surface area contributed by atoms with E-state index in [1.54, 1.807) is 17.7 Å². The van der Waals surface area contributed by atoms with Gasteiger partial charge in [0.1, 0.15) is 17.0 Å². The molecule has 0 amide bonds. The molecule has 3 aromatic rings. The number of fused-ring (bicyclic) bond motifs is 1. The first-order valence-electron chi connectivity index (χ1n) is 7.85. The third-order valence-electron chi connectivity index (χ3n) is 3.75. The molecule has 2 aromatic heterocycles. The molecule has 124 valence electrons. The normalized spacial score (nSPS) is 10.8. The molecule has 0 radical (unpaired) electrons. The van der Waals surface area contributed by atoms with Crippen molar-refractivity contribution in [2.75, 3.05) is 25.1 Å². The maximum absolute atomic E-state index is 11.6. The third kappa shape index (κ3) is 3.38. The summed E-state index contributed by atoms with van der Waals surface area (Å²) in [7, 11) is 1.94. The number of carbonyl (C=O) groups excluding carboxylic acids is 1. The Balaban J connectivity index is 1.93. The topological polar surface area (TPSA) is 55.3 Å². The van der Waals surface area contributed by atoms with Gasteiger partial charge in [-0.15, -0.1) is 11.3 Å². The van der Waals surface area contributed by atoms with E-state index in [-0.39, 0.29) is 5.97 Å². The molecule has 0 unspecified atom stereocenters. The number of aromatic nitrogens is 2. The summed E-state index contributed by atoms with van der Waals surface area (Å²) in [5, 5.41) is 3.14. The summed E-state index contributed by atoms with van der Waals surface area (Å²) in [5.74, 6) is 0.646. The second-order valence-electron chi connectivity index (χ2n) is 5.37. The maximum Gasteiger partial charge on any atom is 0.307 e. The van der Waals surface area contributed by atoms with E-state index in [2.05, 4.69) is 27.5 Å². The zero-order chi connectivity index (χ0) is 16.9. The van der Waals surface area contributed by atoms with Crippen LogP contribution < -0.4 is 4.90 Å². The van der Waals surface area contributed by atoms with E-state index in [0.717, 1.165) is 27.2 Å². The quantitative estimate of drug-likeness (QED) is 0.639. The number of hydrogen-bond acceptors (Lipinski definition) is 6. The van der Waals surface area contributed by atoms with Gasteiger partial charge >= 0.3 is 5.97 Å². The average Bonchev–Trinajstić information content (AvgIpc) is 3.05. The number of nitrogens with zero attached hydrogens (tertiary/aromatic N) is 3. The Morgan fingerprint density at radius 1 is 1.25 bits per heavy atom. The summed E-state index contributed by atoms with van der Waals surface area (Å²) in [6.07, 6.45) is 1.91. The molecule has 0 aliphatic rings. The summed E-state index contributed by atoms with van der Waals surface area (Å²) in [6, 6.07) is 10.2. The van der Waals surface area contributed by atoms with E-state index in [9.17, 15) is 4.79 Å². The molecule has 0 N–H and O–H groups in total. The fraction of sp³-hybridized carbons (Fsp3) is 0.278. The predicted octanol–water partition coefficient (Wildman–Crippen LogP) is 3.75. The Morgan fingerprint density at radius 3 is 2.79 bits per heavy atom. The largest absolute Gasteiger partial charge is 0.466 e. The van der Waals surface area contributed by atoms with Gasteiger partial charge in [-0.1, -0.05) is 30.3 Å². The molecule has 0 aliphatic heterocycles. The lowest BCUT2D eigenvalue weighted by Crippen LogP contribution is -2.23. The Bertz CT molecular complexity index is 833. The number of thiophene rings is 1. The van der Waals surface area contributed by atoms with E-state index in [0.29, 0.717) is 19.6 Å². The molecule has 6 heteroatoms. The van der Waals surface area contributed by atoms with Crippen molar-refractivity contribution in [1.29, 1.82) is 0 Å². The van der Waals surface area contributed by atoms with Gasteiger partial charge in [-0.3, -0.25) is 4.79 Å². The van der Waals surface area contributed by atoms with Crippen molar-refractivity contribution in [3.63, 3.8) is 0 Å². The molecule has 2 heterocycles. The predicted molar refractivity (Wildman–Crippen MR) is 97.4 cm³/mol. The smallest absolute Gasteiger partial charge is 0.307 e. The Hall–Kier alpha value is -2.47. The van der Waals surface area contributed by atoms with Crippen LogP contribution in [0.3, 0.4) is 0 Å². The van der Waals surface area contributed by atoms with Gasteiger partial charge in [-0.2, -0.15) is 0 Å². The zero-order valence-corrected chi connectivity index (χ0v) is 14.5. The molecule has 0 fully saturated rings. The van der Waals surface area contributed by atoms with Crippen LogP contribution in [0.2, 0.25) is 0 Å². The molecule has 1 aromatic carbocycles. The van der Waals surface area contributed by atoms with Gasteiger partial charge in [-0.25, -0.2) is 9.97 Å². The molecule has 0 aliphatic carbocycles. The van der Waals surface area contributed by atoms with Crippen LogP contribution in [0.5, 0.6) is 0 Å². The number of ether oxygens (including phenoxy) is 1. The van der Waals surface area contributed by atoms with Gasteiger partial charge in [0.25, 0.3) is 0 Å². The van der Waals surface area contributed by atoms with Crippen molar-refractivity contribution in [1.82, 2.24) is 9.97 Å². The number of esters is 1. The van der Waals surface area contributed by atoms with Crippen LogP contribution in [0, 0.1) is 0 Å². The van der Waals surface area contributed by atoms with Crippen LogP contribution in [0.1, 0.15) is 13.3 Å². The van der Waals surface area contributed by atoms with Crippen LogP contribution in [0.4, 0.5) is 5.82 Å². The Morgan fingerprint density at radius 2 is 2.04 bits per heavy atom. The first-order chi connectivity index (χ1) is 11.7. The lowest BCUT2D eigenvalue weighted by atomic mass is 10.1. The first kappa shape index (κ1) is 16.4. The van der Waals surface area contributed by atoms with Crippen molar-refractivity contribution in [3.8, 4) is 11.1 Å². The third-order valence-corrected chi connectivity index (χ3v) is 4.64. The van der Waals surface area contributed by atoms with E-state index < -0.39 is 0 Å². The lowest BCUT2D eigenvalue weighted by Gasteiger charge is -2.19. The Labute approximate surface area is 144 Å². The molecule has 0 bridgehead atoms. The molecule has 24 heavy (non-hydrogen) atoms. The van der Waals surface area contributed by atoms with Crippen molar-refractivity contribution in [2.24, 2.45) is 0 Å². The summed E-state index contributed by atoms with van der Waals surface area (Å²) in [6.45, 7) is 2.77. The average molecular weight is 341 g/mol. The second kappa shape index (κ2) is 7.40. The Kier molecular flexibility index (Phi) is 5.05. The second-order valence-corrected chi connectivity index (χ2v) is 6.23. The molecule has 0 saturated heterocycles. The summed E-state index contributed by atoms with van der Waals surface area (Å²) < 4.78 is 5.00. The monoisotopic (exact) mass is 341 g/mol. The first-order valence-corrected chi connectivity index (χ1v) is 8.73. The van der Waals surface area contributed by atoms with Gasteiger partial charge in [-0.05, 0) is 12.5 Å². The van der Waals surface area contributed by atoms with Crippen molar-refractivity contribution in [3.05, 3.63) is 42.0 Å². The number of carbonyl (C=O) groups is 1. The van der Waals surface area contributed by atoms with Gasteiger partial charge in [0, 0.05) is 24.5 Å². The van der Waals surface area contributed by atoms with Crippen LogP contribution >= 0.6 is 11.3 Å². The minimum Gasteiger partial charge on any atom is -0.466 e. The van der Waals surface area contributed by atoms with Crippen LogP contribution in [-0.4, -0.2) is 36.1 Å². The minimum absolute atomic E-state index is 0.191. The molecule has 0 saturated carbocycles. The van der Waals surface area contributed by atoms with E-state index in [1.807, 2.05) is 37.1 Å². The molecule has 3 rings (SSSR count). The van der Waals surface area contributed by atoms with E-state index in [4.69, 9.17) is 4.74 Å². The highest BCUT2D eigenvalue weighted by Crippen LogP contribution is 2.37. The number of benzene rings is 1. The lowest BCUT2D eigenvalue weighted by molar-refractivity contribution is -0.142. The van der Waals surface area contributed by atoms with Crippen LogP contribution in [0.15, 0.2) is 42.0 Å². The van der Waals surface area contributed by atoms with E-state index >= 15 is 0 Å². The number of rotatable bonds is 6. The van der Waals surface area contributed by atoms with Crippen LogP contribution in [-0.2, 0) is 9.53 Å². The van der Waals surface area contributed by atoms with Gasteiger partial charge in [0.15, 0.2) is 0 Å². The molecule has 5 nitrogen and oxygen atoms in total. The SMILES string of the molecule is CCOC(=O)CCN(C)c1ncnc2scc(-c3ccccc3)c12. The summed E-state index contributed by atoms with van der Waals surface area (Å²) in [4.78, 5) is 23.4. The van der Waals surface area contributed by atoms with E-state index in [1.165, 1.54) is 0 Å². The van der Waals surface area contributed by atoms with Gasteiger partial charge in [0.2, 0.25) is 0 Å². The maximum atomic E-state index is 11.6. The highest BCUT2D eigenvalue weighted by Gasteiger charge is 2.16. The highest BCUT2D eigenvalue weighted by atomic mass is 32.1. The fourth-order valence-electron chi connectivity index (χ4n) is 2.58. The molecule has 0 atom stereocenters. The summed E-state index contributed by atoms with van der Waals surface area (Å²) >= 11 is 1.60. The zero-order valence-electron chi connectivity index (χ0n) is 13.7. The highest BCUT2D eigenvalue weighted by molar-refractivity contribution is 7.17. The molecular weight excluding hydrogens is 322 g/mol. The van der Waals surface area contributed by atoms with Crippen LogP contribution in [0.25, 0.3) is 21.3 Å². The van der Waals surface area contributed by atoms with Gasteiger partial charge in [0.05, 0.1) is 18.4 Å². The summed E-state index contributed by atoms with van der Waals surface area (Å²) in [5.41, 5.74) is 2.26. The minimum atomic E-state index is -0.191. The molecular formula is C18H19N3O2S. The van der Waals surface area contributed by atoms with Crippen molar-refractivity contribution in [2.45, 2.75) is 13.3 Å². The number of anilines is 1. The fourth-order valence-corrected chi connectivity index (χ4v) is 3.49. The molecule has 0 spiro atoms. The van der Waals surface area contributed by atoms with Crippen molar-refractivity contribution >= 4 is 33.3 Å². The number of hydrogen-bond donors (Lipinski definition) is 0.